The summed E-state index contributed by atoms with van der Waals surface area (Å²) in [5.74, 6) is -0.119. The molecule has 0 spiro atoms. The van der Waals surface area contributed by atoms with Gasteiger partial charge < -0.3 is 5.32 Å². The van der Waals surface area contributed by atoms with Crippen LogP contribution in [0.25, 0.3) is 0 Å². The molecule has 1 aliphatic rings. The molecule has 1 aliphatic heterocycles. The molecule has 0 aliphatic carbocycles. The molecule has 1 N–H and O–H groups in total. The molecule has 28 heavy (non-hydrogen) atoms. The fourth-order valence-corrected chi connectivity index (χ4v) is 3.91. The van der Waals surface area contributed by atoms with Crippen LogP contribution in [0, 0.1) is 18.7 Å². The molecule has 0 aromatic heterocycles. The minimum atomic E-state index is -0.267. The molecule has 3 nitrogen and oxygen atoms in total. The molecule has 0 unspecified atom stereocenters. The maximum atomic E-state index is 14.0. The van der Waals surface area contributed by atoms with Gasteiger partial charge in [0, 0.05) is 23.0 Å². The molecule has 5 heteroatoms. The monoisotopic (exact) mass is 402 g/mol. The van der Waals surface area contributed by atoms with Crippen LogP contribution in [0.2, 0.25) is 5.02 Å². The summed E-state index contributed by atoms with van der Waals surface area (Å²) in [5, 5.41) is 3.63. The van der Waals surface area contributed by atoms with Crippen molar-refractivity contribution < 1.29 is 9.18 Å². The quantitative estimate of drug-likeness (QED) is 0.714. The second-order valence-corrected chi connectivity index (χ2v) is 8.10. The molecule has 1 heterocycles. The second kappa shape index (κ2) is 9.53. The summed E-state index contributed by atoms with van der Waals surface area (Å²) >= 11 is 5.82. The van der Waals surface area contributed by atoms with E-state index in [0.717, 1.165) is 37.9 Å². The third-order valence-corrected chi connectivity index (χ3v) is 5.81. The van der Waals surface area contributed by atoms with Crippen LogP contribution in [0.15, 0.2) is 42.5 Å². The van der Waals surface area contributed by atoms with Gasteiger partial charge in [0.1, 0.15) is 5.82 Å². The summed E-state index contributed by atoms with van der Waals surface area (Å²) in [4.78, 5) is 15.0. The minimum Gasteiger partial charge on any atom is -0.349 e. The molecule has 3 rings (SSSR count). The molecule has 0 radical (unpaired) electrons. The molecule has 1 amide bonds. The minimum absolute atomic E-state index is 0.0193. The molecule has 1 saturated heterocycles. The Morgan fingerprint density at radius 2 is 1.89 bits per heavy atom. The molecule has 2 aromatic carbocycles. The Balaban J connectivity index is 1.52. The Morgan fingerprint density at radius 1 is 1.21 bits per heavy atom. The molecule has 2 aromatic rings. The van der Waals surface area contributed by atoms with Crippen molar-refractivity contribution in [1.29, 1.82) is 0 Å². The van der Waals surface area contributed by atoms with Crippen molar-refractivity contribution in [1.82, 2.24) is 10.2 Å². The summed E-state index contributed by atoms with van der Waals surface area (Å²) in [7, 11) is 0. The first-order valence-electron chi connectivity index (χ1n) is 9.99. The number of benzene rings is 2. The van der Waals surface area contributed by atoms with Gasteiger partial charge in [-0.3, -0.25) is 9.69 Å². The van der Waals surface area contributed by atoms with Gasteiger partial charge in [-0.05, 0) is 57.0 Å². The summed E-state index contributed by atoms with van der Waals surface area (Å²) in [6, 6.07) is 13.2. The van der Waals surface area contributed by atoms with Crippen LogP contribution >= 0.6 is 11.6 Å². The van der Waals surface area contributed by atoms with Gasteiger partial charge in [0.25, 0.3) is 0 Å². The van der Waals surface area contributed by atoms with Crippen molar-refractivity contribution in [2.45, 2.75) is 45.7 Å². The number of hydrogen-bond donors (Lipinski definition) is 1. The number of halogens is 2. The molecular weight excluding hydrogens is 375 g/mol. The molecule has 150 valence electrons. The van der Waals surface area contributed by atoms with Gasteiger partial charge in [-0.1, -0.05) is 54.4 Å². The highest BCUT2D eigenvalue weighted by Crippen LogP contribution is 2.24. The zero-order valence-corrected chi connectivity index (χ0v) is 17.3. The Labute approximate surface area is 171 Å². The lowest BCUT2D eigenvalue weighted by molar-refractivity contribution is -0.127. The maximum absolute atomic E-state index is 14.0. The van der Waals surface area contributed by atoms with E-state index < -0.39 is 0 Å². The Morgan fingerprint density at radius 3 is 2.50 bits per heavy atom. The number of carbonyl (C=O) groups is 1. The van der Waals surface area contributed by atoms with Gasteiger partial charge in [0.15, 0.2) is 0 Å². The Kier molecular flexibility index (Phi) is 7.08. The van der Waals surface area contributed by atoms with Crippen LogP contribution in [0.5, 0.6) is 0 Å². The van der Waals surface area contributed by atoms with Gasteiger partial charge in [-0.25, -0.2) is 4.39 Å². The number of carbonyl (C=O) groups excluding carboxylic acids is 1. The second-order valence-electron chi connectivity index (χ2n) is 7.67. The van der Waals surface area contributed by atoms with E-state index in [1.165, 1.54) is 11.6 Å². The highest BCUT2D eigenvalue weighted by Gasteiger charge is 2.27. The van der Waals surface area contributed by atoms with Crippen LogP contribution in [-0.2, 0) is 11.3 Å². The van der Waals surface area contributed by atoms with Crippen LogP contribution in [0.4, 0.5) is 4.39 Å². The predicted molar refractivity (Wildman–Crippen MR) is 112 cm³/mol. The molecule has 0 bridgehead atoms. The van der Waals surface area contributed by atoms with Gasteiger partial charge in [-0.2, -0.15) is 0 Å². The van der Waals surface area contributed by atoms with E-state index in [2.05, 4.69) is 48.3 Å². The van der Waals surface area contributed by atoms with Crippen LogP contribution in [0.3, 0.4) is 0 Å². The first-order valence-corrected chi connectivity index (χ1v) is 10.4. The van der Waals surface area contributed by atoms with Gasteiger partial charge >= 0.3 is 0 Å². The number of aryl methyl sites for hydroxylation is 1. The highest BCUT2D eigenvalue weighted by atomic mass is 35.5. The Hall–Kier alpha value is -1.91. The van der Waals surface area contributed by atoms with Gasteiger partial charge in [-0.15, -0.1) is 0 Å². The summed E-state index contributed by atoms with van der Waals surface area (Å²) < 4.78 is 14.0. The molecule has 1 atom stereocenters. The van der Waals surface area contributed by atoms with Crippen molar-refractivity contribution in [2.75, 3.05) is 13.1 Å². The lowest BCUT2D eigenvalue weighted by atomic mass is 9.94. The van der Waals surface area contributed by atoms with E-state index in [0.29, 0.717) is 17.1 Å². The van der Waals surface area contributed by atoms with Crippen LogP contribution < -0.4 is 5.32 Å². The maximum Gasteiger partial charge on any atom is 0.223 e. The fourth-order valence-electron chi connectivity index (χ4n) is 3.75. The topological polar surface area (TPSA) is 32.3 Å². The molecular formula is C23H28ClFN2O. The van der Waals surface area contributed by atoms with Crippen molar-refractivity contribution in [3.05, 3.63) is 70.0 Å². The fraction of sp³-hybridized carbons (Fsp3) is 0.435. The van der Waals surface area contributed by atoms with Crippen molar-refractivity contribution in [3.63, 3.8) is 0 Å². The number of nitrogens with zero attached hydrogens (tertiary/aromatic N) is 1. The SMILES string of the molecule is CC[C@H](NC(=O)C1CCN(Cc2ccc(Cl)cc2F)CC1)c1ccc(C)cc1. The third-order valence-electron chi connectivity index (χ3n) is 5.57. The first kappa shape index (κ1) is 20.8. The first-order chi connectivity index (χ1) is 13.5. The lowest BCUT2D eigenvalue weighted by Gasteiger charge is -2.32. The van der Waals surface area contributed by atoms with Crippen LogP contribution in [0.1, 0.15) is 48.9 Å². The molecule has 0 saturated carbocycles. The summed E-state index contributed by atoms with van der Waals surface area (Å²) in [6.07, 6.45) is 2.46. The number of rotatable bonds is 6. The van der Waals surface area contributed by atoms with E-state index in [1.807, 2.05) is 0 Å². The lowest BCUT2D eigenvalue weighted by Crippen LogP contribution is -2.41. The van der Waals surface area contributed by atoms with E-state index in [9.17, 15) is 9.18 Å². The number of amides is 1. The normalized spacial score (nSPS) is 16.7. The summed E-state index contributed by atoms with van der Waals surface area (Å²) in [6.45, 7) is 6.29. The van der Waals surface area contributed by atoms with Crippen molar-refractivity contribution in [3.8, 4) is 0 Å². The third kappa shape index (κ3) is 5.33. The van der Waals surface area contributed by atoms with E-state index in [-0.39, 0.29) is 23.7 Å². The van der Waals surface area contributed by atoms with Gasteiger partial charge in [0.05, 0.1) is 6.04 Å². The van der Waals surface area contributed by atoms with E-state index in [1.54, 1.807) is 12.1 Å². The summed E-state index contributed by atoms with van der Waals surface area (Å²) in [5.41, 5.74) is 3.02. The number of nitrogens with one attached hydrogen (secondary N) is 1. The van der Waals surface area contributed by atoms with Crippen LogP contribution in [-0.4, -0.2) is 23.9 Å². The van der Waals surface area contributed by atoms with E-state index in [4.69, 9.17) is 11.6 Å². The smallest absolute Gasteiger partial charge is 0.223 e. The van der Waals surface area contributed by atoms with Crippen molar-refractivity contribution in [2.24, 2.45) is 5.92 Å². The number of piperidine rings is 1. The Bertz CT molecular complexity index is 801. The molecule has 1 fully saturated rings. The average molecular weight is 403 g/mol. The number of likely N-dealkylation sites (tertiary alicyclic amines) is 1. The number of hydrogen-bond acceptors (Lipinski definition) is 2. The van der Waals surface area contributed by atoms with Gasteiger partial charge in [0.2, 0.25) is 5.91 Å². The zero-order valence-electron chi connectivity index (χ0n) is 16.6. The predicted octanol–water partition coefficient (Wildman–Crippen LogP) is 5.27. The highest BCUT2D eigenvalue weighted by molar-refractivity contribution is 6.30. The zero-order chi connectivity index (χ0) is 20.1. The van der Waals surface area contributed by atoms with Crippen molar-refractivity contribution >= 4 is 17.5 Å². The van der Waals surface area contributed by atoms with E-state index >= 15 is 0 Å². The largest absolute Gasteiger partial charge is 0.349 e. The average Bonchev–Trinajstić information content (AvgIpc) is 2.69. The standard InChI is InChI=1S/C23H28ClFN2O/c1-3-22(17-6-4-16(2)5-7-17)26-23(28)18-10-12-27(13-11-18)15-19-8-9-20(24)14-21(19)25/h4-9,14,18,22H,3,10-13,15H2,1-2H3,(H,26,28)/t22-/m0/s1.